The van der Waals surface area contributed by atoms with Crippen molar-refractivity contribution in [1.29, 1.82) is 0 Å². The van der Waals surface area contributed by atoms with E-state index in [0.29, 0.717) is 11.6 Å². The highest BCUT2D eigenvalue weighted by Crippen LogP contribution is 2.26. The third-order valence-electron chi connectivity index (χ3n) is 1.71. The average Bonchev–Trinajstić information content (AvgIpc) is 2.61. The Kier molecular flexibility index (Phi) is 4.62. The second-order valence-electron chi connectivity index (χ2n) is 4.45. The Hall–Kier alpha value is -0.980. The van der Waals surface area contributed by atoms with Crippen molar-refractivity contribution in [3.8, 4) is 0 Å². The Morgan fingerprint density at radius 3 is 2.65 bits per heavy atom. The molecule has 0 saturated heterocycles. The molecule has 0 atom stereocenters. The van der Waals surface area contributed by atoms with Crippen LogP contribution >= 0.6 is 11.8 Å². The van der Waals surface area contributed by atoms with Gasteiger partial charge in [-0.3, -0.25) is 4.79 Å². The summed E-state index contributed by atoms with van der Waals surface area (Å²) in [6.07, 6.45) is -3.50. The highest BCUT2D eigenvalue weighted by atomic mass is 32.2. The van der Waals surface area contributed by atoms with Gasteiger partial charge in [0.15, 0.2) is 5.82 Å². The second-order valence-corrected chi connectivity index (χ2v) is 6.25. The molecule has 96 valence electrons. The number of halogens is 2. The first-order valence-electron chi connectivity index (χ1n) is 5.04. The van der Waals surface area contributed by atoms with Gasteiger partial charge in [0.2, 0.25) is 11.7 Å². The van der Waals surface area contributed by atoms with E-state index in [4.69, 9.17) is 4.52 Å². The van der Waals surface area contributed by atoms with E-state index >= 15 is 0 Å². The van der Waals surface area contributed by atoms with Crippen LogP contribution < -0.4 is 0 Å². The molecule has 0 amide bonds. The minimum absolute atomic E-state index is 0.0551. The van der Waals surface area contributed by atoms with Gasteiger partial charge in [-0.05, 0) is 0 Å². The lowest BCUT2D eigenvalue weighted by atomic mass is 10.3. The van der Waals surface area contributed by atoms with Crippen LogP contribution in [0.4, 0.5) is 8.78 Å². The van der Waals surface area contributed by atoms with E-state index in [-0.39, 0.29) is 10.6 Å². The zero-order valence-corrected chi connectivity index (χ0v) is 10.7. The van der Waals surface area contributed by atoms with E-state index in [2.05, 4.69) is 10.1 Å². The fourth-order valence-corrected chi connectivity index (χ4v) is 1.61. The minimum atomic E-state index is -2.99. The molecule has 0 saturated carbocycles. The Morgan fingerprint density at radius 2 is 2.12 bits per heavy atom. The quantitative estimate of drug-likeness (QED) is 0.817. The van der Waals surface area contributed by atoms with Gasteiger partial charge in [-0.1, -0.05) is 25.9 Å². The maximum Gasteiger partial charge on any atom is 0.296 e. The number of aromatic nitrogens is 2. The summed E-state index contributed by atoms with van der Waals surface area (Å²) >= 11 is 1.61. The number of rotatable bonds is 5. The van der Waals surface area contributed by atoms with Crippen LogP contribution in [0, 0.1) is 0 Å². The minimum Gasteiger partial charge on any atom is -0.339 e. The molecule has 0 aliphatic heterocycles. The van der Waals surface area contributed by atoms with E-state index in [1.54, 1.807) is 11.8 Å². The van der Waals surface area contributed by atoms with Gasteiger partial charge < -0.3 is 4.52 Å². The van der Waals surface area contributed by atoms with Crippen molar-refractivity contribution in [1.82, 2.24) is 10.1 Å². The van der Waals surface area contributed by atoms with Gasteiger partial charge in [0.1, 0.15) is 0 Å². The van der Waals surface area contributed by atoms with Gasteiger partial charge in [0.05, 0.1) is 12.2 Å². The fraction of sp³-hybridized carbons (Fsp3) is 0.700. The highest BCUT2D eigenvalue weighted by Gasteiger charge is 2.20. The molecule has 1 aromatic rings. The number of Topliss-reactive ketones (excluding diaryl/α,β-unsaturated/α-hetero) is 1. The Labute approximate surface area is 102 Å². The molecule has 0 aliphatic carbocycles. The maximum absolute atomic E-state index is 12.0. The van der Waals surface area contributed by atoms with E-state index in [1.165, 1.54) is 0 Å². The van der Waals surface area contributed by atoms with Crippen LogP contribution in [-0.2, 0) is 17.0 Å². The number of ketones is 1. The largest absolute Gasteiger partial charge is 0.339 e. The van der Waals surface area contributed by atoms with E-state index in [0.717, 1.165) is 0 Å². The Balaban J connectivity index is 2.51. The molecule has 17 heavy (non-hydrogen) atoms. The highest BCUT2D eigenvalue weighted by molar-refractivity contribution is 7.99. The average molecular weight is 264 g/mol. The van der Waals surface area contributed by atoms with Gasteiger partial charge in [-0.25, -0.2) is 8.78 Å². The molecule has 0 spiro atoms. The van der Waals surface area contributed by atoms with Crippen LogP contribution in [0.3, 0.4) is 0 Å². The van der Waals surface area contributed by atoms with Crippen LogP contribution in [-0.4, -0.2) is 27.1 Å². The van der Waals surface area contributed by atoms with Crippen LogP contribution in [0.2, 0.25) is 0 Å². The Bertz CT molecular complexity index is 388. The molecule has 0 bridgehead atoms. The van der Waals surface area contributed by atoms with Crippen LogP contribution in [0.5, 0.6) is 0 Å². The lowest BCUT2D eigenvalue weighted by Gasteiger charge is -2.15. The van der Waals surface area contributed by atoms with Crippen molar-refractivity contribution >= 4 is 17.5 Å². The van der Waals surface area contributed by atoms with Crippen LogP contribution in [0.1, 0.15) is 32.5 Å². The smallest absolute Gasteiger partial charge is 0.296 e. The molecule has 1 heterocycles. The zero-order chi connectivity index (χ0) is 13.1. The van der Waals surface area contributed by atoms with Gasteiger partial charge in [0, 0.05) is 4.75 Å². The molecule has 0 aromatic carbocycles. The van der Waals surface area contributed by atoms with Crippen molar-refractivity contribution in [2.24, 2.45) is 0 Å². The molecule has 0 aliphatic rings. The van der Waals surface area contributed by atoms with E-state index in [9.17, 15) is 13.6 Å². The lowest BCUT2D eigenvalue weighted by molar-refractivity contribution is -0.129. The third kappa shape index (κ3) is 5.25. The summed E-state index contributed by atoms with van der Waals surface area (Å²) in [7, 11) is 0. The molecular formula is C10H14F2N2O2S. The molecule has 4 nitrogen and oxygen atoms in total. The third-order valence-corrected chi connectivity index (χ3v) is 2.98. The number of carbonyl (C=O) groups excluding carboxylic acids is 1. The SMILES string of the molecule is CC(C)(C)SCc1noc(CC(=O)C(F)F)n1. The first kappa shape index (κ1) is 14.1. The maximum atomic E-state index is 12.0. The van der Waals surface area contributed by atoms with E-state index in [1.807, 2.05) is 20.8 Å². The molecule has 7 heteroatoms. The summed E-state index contributed by atoms with van der Waals surface area (Å²) in [5, 5.41) is 3.63. The van der Waals surface area contributed by atoms with Crippen molar-refractivity contribution in [2.45, 2.75) is 44.1 Å². The van der Waals surface area contributed by atoms with Gasteiger partial charge in [-0.15, -0.1) is 11.8 Å². The predicted molar refractivity (Wildman–Crippen MR) is 60.1 cm³/mol. The van der Waals surface area contributed by atoms with Crippen LogP contribution in [0.15, 0.2) is 4.52 Å². The Morgan fingerprint density at radius 1 is 1.47 bits per heavy atom. The summed E-state index contributed by atoms with van der Waals surface area (Å²) in [5.41, 5.74) is 0. The number of hydrogen-bond acceptors (Lipinski definition) is 5. The summed E-state index contributed by atoms with van der Waals surface area (Å²) in [6.45, 7) is 6.12. The summed E-state index contributed by atoms with van der Waals surface area (Å²) < 4.78 is 28.7. The standard InChI is InChI=1S/C10H14F2N2O2S/c1-10(2,3)17-5-7-13-8(16-14-7)4-6(15)9(11)12/h9H,4-5H2,1-3H3. The summed E-state index contributed by atoms with van der Waals surface area (Å²) in [6, 6.07) is 0. The first-order valence-corrected chi connectivity index (χ1v) is 6.03. The zero-order valence-electron chi connectivity index (χ0n) is 9.87. The predicted octanol–water partition coefficient (Wildman–Crippen LogP) is 2.48. The van der Waals surface area contributed by atoms with Gasteiger partial charge in [0.25, 0.3) is 6.43 Å². The first-order chi connectivity index (χ1) is 7.78. The molecule has 0 radical (unpaired) electrons. The topological polar surface area (TPSA) is 56.0 Å². The van der Waals surface area contributed by atoms with Crippen molar-refractivity contribution < 1.29 is 18.1 Å². The second kappa shape index (κ2) is 5.57. The molecule has 0 fully saturated rings. The van der Waals surface area contributed by atoms with Gasteiger partial charge >= 0.3 is 0 Å². The molecular weight excluding hydrogens is 250 g/mol. The number of hydrogen-bond donors (Lipinski definition) is 0. The van der Waals surface area contributed by atoms with Crippen molar-refractivity contribution in [3.05, 3.63) is 11.7 Å². The number of alkyl halides is 2. The number of carbonyl (C=O) groups is 1. The van der Waals surface area contributed by atoms with Gasteiger partial charge in [-0.2, -0.15) is 4.98 Å². The monoisotopic (exact) mass is 264 g/mol. The van der Waals surface area contributed by atoms with Crippen LogP contribution in [0.25, 0.3) is 0 Å². The summed E-state index contributed by atoms with van der Waals surface area (Å²) in [4.78, 5) is 14.6. The summed E-state index contributed by atoms with van der Waals surface area (Å²) in [5.74, 6) is -0.318. The fourth-order valence-electron chi connectivity index (χ4n) is 0.928. The van der Waals surface area contributed by atoms with Crippen molar-refractivity contribution in [2.75, 3.05) is 0 Å². The van der Waals surface area contributed by atoms with E-state index < -0.39 is 18.6 Å². The molecule has 1 rings (SSSR count). The molecule has 0 N–H and O–H groups in total. The normalized spacial score (nSPS) is 12.1. The molecule has 0 unspecified atom stereocenters. The number of thioether (sulfide) groups is 1. The lowest BCUT2D eigenvalue weighted by Crippen LogP contribution is -2.13. The number of nitrogens with zero attached hydrogens (tertiary/aromatic N) is 2. The molecule has 1 aromatic heterocycles. The van der Waals surface area contributed by atoms with Crippen molar-refractivity contribution in [3.63, 3.8) is 0 Å².